The monoisotopic (exact) mass is 184 g/mol. The molecule has 4 heteroatoms. The minimum atomic E-state index is 0. The van der Waals surface area contributed by atoms with Crippen LogP contribution in [0.5, 0.6) is 0 Å². The van der Waals surface area contributed by atoms with Gasteiger partial charge in [0.1, 0.15) is 4.32 Å². The zero-order chi connectivity index (χ0) is 5.15. The van der Waals surface area contributed by atoms with Crippen LogP contribution in [0.3, 0.4) is 0 Å². The summed E-state index contributed by atoms with van der Waals surface area (Å²) in [6.07, 6.45) is 0. The molecule has 0 N–H and O–H groups in total. The second kappa shape index (κ2) is 4.91. The fraction of sp³-hybridized carbons (Fsp3) is 0.667. The zero-order valence-corrected chi connectivity index (χ0v) is 6.76. The van der Waals surface area contributed by atoms with Crippen LogP contribution in [-0.4, -0.2) is 23.3 Å². The predicted molar refractivity (Wildman–Crippen MR) is 35.3 cm³/mol. The van der Waals surface area contributed by atoms with Crippen molar-refractivity contribution in [1.82, 2.24) is 4.90 Å². The second-order valence-corrected chi connectivity index (χ2v) is 2.29. The van der Waals surface area contributed by atoms with Crippen molar-refractivity contribution in [2.45, 2.75) is 0 Å². The number of thiocarbonyl (C=S) groups is 1. The molecule has 0 aliphatic carbocycles. The van der Waals surface area contributed by atoms with E-state index in [1.807, 2.05) is 14.1 Å². The van der Waals surface area contributed by atoms with Gasteiger partial charge < -0.3 is 4.90 Å². The Morgan fingerprint density at radius 2 is 1.71 bits per heavy atom. The van der Waals surface area contributed by atoms with Crippen LogP contribution >= 0.6 is 24.8 Å². The zero-order valence-electron chi connectivity index (χ0n) is 4.10. The van der Waals surface area contributed by atoms with Crippen LogP contribution < -0.4 is 0 Å². The minimum absolute atomic E-state index is 0. The molecule has 0 aliphatic rings. The number of thiol groups is 1. The SMILES string of the molecule is CN(C)C(=S)S.[Cu]. The molecule has 0 aliphatic heterocycles. The molecule has 0 amide bonds. The van der Waals surface area contributed by atoms with Gasteiger partial charge in [-0.1, -0.05) is 12.2 Å². The van der Waals surface area contributed by atoms with Crippen LogP contribution in [-0.2, 0) is 17.1 Å². The largest absolute Gasteiger partial charge is 0.364 e. The van der Waals surface area contributed by atoms with E-state index in [-0.39, 0.29) is 17.1 Å². The van der Waals surface area contributed by atoms with Crippen LogP contribution in [0, 0.1) is 0 Å². The number of hydrogen-bond donors (Lipinski definition) is 1. The van der Waals surface area contributed by atoms with Gasteiger partial charge in [-0.15, -0.1) is 12.6 Å². The molecule has 0 aromatic rings. The molecule has 0 aromatic heterocycles. The van der Waals surface area contributed by atoms with E-state index < -0.39 is 0 Å². The van der Waals surface area contributed by atoms with E-state index in [0.717, 1.165) is 0 Å². The van der Waals surface area contributed by atoms with Crippen molar-refractivity contribution < 1.29 is 17.1 Å². The first-order valence-corrected chi connectivity index (χ1v) is 2.40. The van der Waals surface area contributed by atoms with E-state index in [2.05, 4.69) is 24.8 Å². The van der Waals surface area contributed by atoms with E-state index in [0.29, 0.717) is 4.32 Å². The first kappa shape index (κ1) is 10.7. The van der Waals surface area contributed by atoms with E-state index in [4.69, 9.17) is 0 Å². The van der Waals surface area contributed by atoms with Gasteiger partial charge in [0.05, 0.1) is 0 Å². The Hall–Kier alpha value is 0.759. The Labute approximate surface area is 65.3 Å². The van der Waals surface area contributed by atoms with Crippen molar-refractivity contribution >= 4 is 29.2 Å². The van der Waals surface area contributed by atoms with E-state index in [1.165, 1.54) is 0 Å². The average Bonchev–Trinajstić information content (AvgIpc) is 1.36. The fourth-order valence-corrected chi connectivity index (χ4v) is 0. The number of hydrogen-bond acceptors (Lipinski definition) is 1. The molecule has 0 heterocycles. The smallest absolute Gasteiger partial charge is 0.132 e. The Morgan fingerprint density at radius 3 is 1.71 bits per heavy atom. The first-order chi connectivity index (χ1) is 2.64. The van der Waals surface area contributed by atoms with Gasteiger partial charge >= 0.3 is 0 Å². The Kier molecular flexibility index (Phi) is 7.49. The van der Waals surface area contributed by atoms with Crippen molar-refractivity contribution in [1.29, 1.82) is 0 Å². The summed E-state index contributed by atoms with van der Waals surface area (Å²) in [7, 11) is 3.71. The summed E-state index contributed by atoms with van der Waals surface area (Å²) in [5.41, 5.74) is 0. The van der Waals surface area contributed by atoms with Gasteiger partial charge in [0.25, 0.3) is 0 Å². The van der Waals surface area contributed by atoms with Crippen molar-refractivity contribution in [3.05, 3.63) is 0 Å². The van der Waals surface area contributed by atoms with Gasteiger partial charge in [0, 0.05) is 31.2 Å². The molecule has 0 atom stereocenters. The Bertz CT molecular complexity index is 64.0. The maximum atomic E-state index is 4.61. The van der Waals surface area contributed by atoms with Crippen LogP contribution in [0.4, 0.5) is 0 Å². The van der Waals surface area contributed by atoms with Crippen molar-refractivity contribution in [3.63, 3.8) is 0 Å². The molecule has 0 rings (SSSR count). The van der Waals surface area contributed by atoms with E-state index in [9.17, 15) is 0 Å². The summed E-state index contributed by atoms with van der Waals surface area (Å²) in [6.45, 7) is 0. The number of rotatable bonds is 0. The van der Waals surface area contributed by atoms with Gasteiger partial charge in [0.15, 0.2) is 0 Å². The van der Waals surface area contributed by atoms with Gasteiger partial charge in [-0.25, -0.2) is 0 Å². The molecule has 0 saturated heterocycles. The molecule has 0 bridgehead atoms. The van der Waals surface area contributed by atoms with Crippen molar-refractivity contribution in [3.8, 4) is 0 Å². The predicted octanol–water partition coefficient (Wildman–Crippen LogP) is 0.760. The van der Waals surface area contributed by atoms with Crippen LogP contribution in [0.1, 0.15) is 0 Å². The molecule has 0 unspecified atom stereocenters. The molecule has 0 aromatic carbocycles. The van der Waals surface area contributed by atoms with Crippen molar-refractivity contribution in [2.75, 3.05) is 14.1 Å². The fourth-order valence-electron chi connectivity index (χ4n) is 0. The summed E-state index contributed by atoms with van der Waals surface area (Å²) in [5.74, 6) is 0. The summed E-state index contributed by atoms with van der Waals surface area (Å²) in [6, 6.07) is 0. The van der Waals surface area contributed by atoms with Crippen molar-refractivity contribution in [2.24, 2.45) is 0 Å². The summed E-state index contributed by atoms with van der Waals surface area (Å²) in [5, 5.41) is 0. The minimum Gasteiger partial charge on any atom is -0.364 e. The van der Waals surface area contributed by atoms with Crippen LogP contribution in [0.15, 0.2) is 0 Å². The molecule has 0 spiro atoms. The normalized spacial score (nSPS) is 6.71. The molecule has 7 heavy (non-hydrogen) atoms. The first-order valence-electron chi connectivity index (χ1n) is 1.55. The third-order valence-corrected chi connectivity index (χ3v) is 1.15. The summed E-state index contributed by atoms with van der Waals surface area (Å²) >= 11 is 8.46. The standard InChI is InChI=1S/C3H7NS2.Cu/c1-4(2)3(5)6;/h1-2H3,(H,5,6);. The quantitative estimate of drug-likeness (QED) is 0.337. The summed E-state index contributed by atoms with van der Waals surface area (Å²) in [4.78, 5) is 1.76. The third kappa shape index (κ3) is 6.76. The Morgan fingerprint density at radius 1 is 1.57 bits per heavy atom. The van der Waals surface area contributed by atoms with E-state index in [1.54, 1.807) is 4.90 Å². The number of nitrogens with zero attached hydrogens (tertiary/aromatic N) is 1. The molecular formula is C3H7CuNS2. The molecule has 47 valence electrons. The summed E-state index contributed by atoms with van der Waals surface area (Å²) < 4.78 is 0.620. The van der Waals surface area contributed by atoms with Gasteiger partial charge in [-0.2, -0.15) is 0 Å². The van der Waals surface area contributed by atoms with Gasteiger partial charge in [-0.3, -0.25) is 0 Å². The Balaban J connectivity index is 0. The molecule has 0 saturated carbocycles. The molecule has 1 nitrogen and oxygen atoms in total. The van der Waals surface area contributed by atoms with Crippen LogP contribution in [0.25, 0.3) is 0 Å². The van der Waals surface area contributed by atoms with E-state index >= 15 is 0 Å². The van der Waals surface area contributed by atoms with Gasteiger partial charge in [0.2, 0.25) is 0 Å². The molecule has 1 radical (unpaired) electrons. The average molecular weight is 185 g/mol. The molecule has 0 fully saturated rings. The van der Waals surface area contributed by atoms with Gasteiger partial charge in [-0.05, 0) is 0 Å². The topological polar surface area (TPSA) is 3.24 Å². The maximum Gasteiger partial charge on any atom is 0.132 e. The second-order valence-electron chi connectivity index (χ2n) is 1.18. The maximum absolute atomic E-state index is 4.61. The van der Waals surface area contributed by atoms with Crippen LogP contribution in [0.2, 0.25) is 0 Å². The third-order valence-electron chi connectivity index (χ3n) is 0.383. The molecular weight excluding hydrogens is 178 g/mol.